The first-order valence-corrected chi connectivity index (χ1v) is 10.9. The molecule has 5 heterocycles. The maximum atomic E-state index is 12.7. The van der Waals surface area contributed by atoms with Crippen molar-refractivity contribution in [1.82, 2.24) is 33.6 Å². The first-order valence-electron chi connectivity index (χ1n) is 10.2. The predicted molar refractivity (Wildman–Crippen MR) is 117 cm³/mol. The Labute approximate surface area is 184 Å². The Bertz CT molecular complexity index is 1610. The summed E-state index contributed by atoms with van der Waals surface area (Å²) in [5, 5.41) is 5.35. The molecular weight excluding hydrogens is 428 g/mol. The number of aromatic nitrogens is 7. The summed E-state index contributed by atoms with van der Waals surface area (Å²) in [5.74, 6) is 1.65. The lowest BCUT2D eigenvalue weighted by Crippen LogP contribution is -2.22. The van der Waals surface area contributed by atoms with Crippen molar-refractivity contribution in [3.63, 3.8) is 0 Å². The van der Waals surface area contributed by atoms with E-state index in [4.69, 9.17) is 4.52 Å². The van der Waals surface area contributed by atoms with E-state index in [1.165, 1.54) is 43.8 Å². The van der Waals surface area contributed by atoms with Crippen LogP contribution in [-0.4, -0.2) is 40.2 Å². The zero-order valence-corrected chi connectivity index (χ0v) is 17.7. The molecule has 0 N–H and O–H groups in total. The van der Waals surface area contributed by atoms with Crippen molar-refractivity contribution in [1.29, 1.82) is 0 Å². The van der Waals surface area contributed by atoms with Gasteiger partial charge in [-0.25, -0.2) is 9.97 Å². The van der Waals surface area contributed by atoms with Gasteiger partial charge in [0, 0.05) is 43.0 Å². The fraction of sp³-hybridized carbons (Fsp3) is 0.238. The Hall–Kier alpha value is -3.86. The number of hydrogen-bond acceptors (Lipinski definition) is 9. The van der Waals surface area contributed by atoms with Crippen molar-refractivity contribution in [3.8, 4) is 0 Å². The van der Waals surface area contributed by atoms with Gasteiger partial charge < -0.3 is 14.0 Å². The summed E-state index contributed by atoms with van der Waals surface area (Å²) in [6.07, 6.45) is 7.14. The summed E-state index contributed by atoms with van der Waals surface area (Å²) in [6.45, 7) is 1.07. The first kappa shape index (κ1) is 17.8. The zero-order chi connectivity index (χ0) is 21.4. The topological polar surface area (TPSA) is 108 Å². The van der Waals surface area contributed by atoms with Crippen molar-refractivity contribution >= 4 is 38.5 Å². The molecule has 10 nitrogen and oxygen atoms in total. The number of hydrogen-bond donors (Lipinski definition) is 0. The highest BCUT2D eigenvalue weighted by molar-refractivity contribution is 7.13. The number of rotatable bonds is 4. The second-order valence-corrected chi connectivity index (χ2v) is 9.00. The molecule has 32 heavy (non-hydrogen) atoms. The summed E-state index contributed by atoms with van der Waals surface area (Å²) < 4.78 is 14.0. The number of anilines is 1. The molecule has 0 radical (unpaired) electrons. The van der Waals surface area contributed by atoms with Gasteiger partial charge in [-0.2, -0.15) is 9.36 Å². The van der Waals surface area contributed by atoms with Crippen molar-refractivity contribution in [2.75, 3.05) is 11.4 Å². The summed E-state index contributed by atoms with van der Waals surface area (Å²) in [5.41, 5.74) is 3.18. The van der Waals surface area contributed by atoms with Crippen LogP contribution in [0.4, 0.5) is 5.69 Å². The fourth-order valence-electron chi connectivity index (χ4n) is 4.51. The first-order chi connectivity index (χ1) is 15.7. The average Bonchev–Trinajstić information content (AvgIpc) is 3.38. The van der Waals surface area contributed by atoms with E-state index in [0.29, 0.717) is 28.8 Å². The minimum Gasteiger partial charge on any atom is -0.347 e. The minimum absolute atomic E-state index is 0.178. The molecule has 2 aliphatic rings. The lowest BCUT2D eigenvalue weighted by atomic mass is 10.2. The quantitative estimate of drug-likeness (QED) is 0.416. The molecule has 1 saturated carbocycles. The third kappa shape index (κ3) is 2.57. The van der Waals surface area contributed by atoms with E-state index in [2.05, 4.69) is 53.8 Å². The molecule has 1 aliphatic heterocycles. The Morgan fingerprint density at radius 3 is 3.03 bits per heavy atom. The third-order valence-corrected chi connectivity index (χ3v) is 6.99. The van der Waals surface area contributed by atoms with Gasteiger partial charge in [0.2, 0.25) is 5.89 Å². The Balaban J connectivity index is 1.11. The van der Waals surface area contributed by atoms with Crippen LogP contribution in [0.2, 0.25) is 0 Å². The Kier molecular flexibility index (Phi) is 3.52. The molecule has 11 heteroatoms. The van der Waals surface area contributed by atoms with Crippen molar-refractivity contribution < 1.29 is 4.52 Å². The van der Waals surface area contributed by atoms with E-state index < -0.39 is 0 Å². The standard InChI is InChI=1S/C21H16N8O2S/c1-27-9-22-20-18(27)21(30)29(10-23-20)8-16-25-19(26-31-16)17-13-6-28(7-14(13)17)12-2-3-15-11(4-12)5-24-32-15/h2-6,9-10,14,17H,7-8H2,1H3/t14-,17-/m1/s1. The van der Waals surface area contributed by atoms with Gasteiger partial charge in [0.15, 0.2) is 17.0 Å². The molecule has 0 spiro atoms. The van der Waals surface area contributed by atoms with Crippen LogP contribution in [0, 0.1) is 5.92 Å². The number of aryl methyl sites for hydroxylation is 1. The molecular formula is C21H16N8O2S. The molecule has 1 aliphatic carbocycles. The highest BCUT2D eigenvalue weighted by Crippen LogP contribution is 2.56. The van der Waals surface area contributed by atoms with Crippen LogP contribution in [0.1, 0.15) is 17.6 Å². The number of nitrogens with zero attached hydrogens (tertiary/aromatic N) is 8. The van der Waals surface area contributed by atoms with Gasteiger partial charge in [-0.15, -0.1) is 0 Å². The van der Waals surface area contributed by atoms with Gasteiger partial charge >= 0.3 is 0 Å². The van der Waals surface area contributed by atoms with Gasteiger partial charge in [-0.1, -0.05) is 5.16 Å². The molecule has 1 fully saturated rings. The van der Waals surface area contributed by atoms with E-state index in [1.54, 1.807) is 17.9 Å². The predicted octanol–water partition coefficient (Wildman–Crippen LogP) is 2.29. The number of imidazole rings is 1. The summed E-state index contributed by atoms with van der Waals surface area (Å²) >= 11 is 1.51. The minimum atomic E-state index is -0.186. The molecule has 0 saturated heterocycles. The third-order valence-electron chi connectivity index (χ3n) is 6.21. The van der Waals surface area contributed by atoms with Crippen LogP contribution >= 0.6 is 11.5 Å². The lowest BCUT2D eigenvalue weighted by Gasteiger charge is -2.18. The van der Waals surface area contributed by atoms with E-state index >= 15 is 0 Å². The fourth-order valence-corrected chi connectivity index (χ4v) is 5.13. The number of fused-ring (bicyclic) bond motifs is 3. The molecule has 4 aromatic heterocycles. The van der Waals surface area contributed by atoms with Crippen LogP contribution in [0.3, 0.4) is 0 Å². The van der Waals surface area contributed by atoms with Crippen LogP contribution in [0.25, 0.3) is 21.3 Å². The van der Waals surface area contributed by atoms with Crippen LogP contribution in [-0.2, 0) is 13.6 Å². The van der Waals surface area contributed by atoms with E-state index in [-0.39, 0.29) is 18.0 Å². The SMILES string of the molecule is Cn1cnc2ncn(Cc3nc([C@@H]4C5=CN(c6ccc7sncc7c6)C[C@H]54)no3)c(=O)c21. The highest BCUT2D eigenvalue weighted by Gasteiger charge is 2.52. The monoisotopic (exact) mass is 444 g/mol. The molecule has 0 amide bonds. The van der Waals surface area contributed by atoms with Crippen LogP contribution in [0.5, 0.6) is 0 Å². The second kappa shape index (κ2) is 6.33. The van der Waals surface area contributed by atoms with Crippen molar-refractivity contribution in [2.45, 2.75) is 12.5 Å². The summed E-state index contributed by atoms with van der Waals surface area (Å²) in [6, 6.07) is 6.43. The second-order valence-electron chi connectivity index (χ2n) is 8.17. The average molecular weight is 444 g/mol. The van der Waals surface area contributed by atoms with Crippen LogP contribution in [0.15, 0.2) is 58.1 Å². The largest absolute Gasteiger partial charge is 0.347 e. The summed E-state index contributed by atoms with van der Waals surface area (Å²) in [7, 11) is 1.77. The van der Waals surface area contributed by atoms with Gasteiger partial charge in [-0.3, -0.25) is 9.36 Å². The normalized spacial score (nSPS) is 19.7. The highest BCUT2D eigenvalue weighted by atomic mass is 32.1. The molecule has 0 bridgehead atoms. The van der Waals surface area contributed by atoms with Crippen molar-refractivity contribution in [2.24, 2.45) is 13.0 Å². The number of benzene rings is 1. The zero-order valence-electron chi connectivity index (χ0n) is 16.9. The van der Waals surface area contributed by atoms with Crippen LogP contribution < -0.4 is 10.5 Å². The molecule has 158 valence electrons. The smallest absolute Gasteiger partial charge is 0.280 e. The van der Waals surface area contributed by atoms with Crippen molar-refractivity contribution in [3.05, 3.63) is 70.9 Å². The van der Waals surface area contributed by atoms with E-state index in [0.717, 1.165) is 6.54 Å². The van der Waals surface area contributed by atoms with E-state index in [9.17, 15) is 4.79 Å². The van der Waals surface area contributed by atoms with E-state index in [1.807, 2.05) is 6.20 Å². The molecule has 1 aromatic carbocycles. The lowest BCUT2D eigenvalue weighted by molar-refractivity contribution is 0.364. The van der Waals surface area contributed by atoms with Gasteiger partial charge in [-0.05, 0) is 35.3 Å². The maximum absolute atomic E-state index is 12.7. The molecule has 7 rings (SSSR count). The Morgan fingerprint density at radius 2 is 2.16 bits per heavy atom. The summed E-state index contributed by atoms with van der Waals surface area (Å²) in [4.78, 5) is 27.9. The molecule has 0 unspecified atom stereocenters. The Morgan fingerprint density at radius 1 is 1.25 bits per heavy atom. The van der Waals surface area contributed by atoms with Gasteiger partial charge in [0.1, 0.15) is 12.9 Å². The van der Waals surface area contributed by atoms with Gasteiger partial charge in [0.25, 0.3) is 5.56 Å². The van der Waals surface area contributed by atoms with Gasteiger partial charge in [0.05, 0.1) is 16.9 Å². The maximum Gasteiger partial charge on any atom is 0.280 e. The molecule has 5 aromatic rings. The molecule has 2 atom stereocenters.